The highest BCUT2D eigenvalue weighted by Crippen LogP contribution is 2.22. The lowest BCUT2D eigenvalue weighted by molar-refractivity contribution is 0.0950. The van der Waals surface area contributed by atoms with Crippen molar-refractivity contribution in [3.05, 3.63) is 46.8 Å². The summed E-state index contributed by atoms with van der Waals surface area (Å²) in [7, 11) is 1.69. The Labute approximate surface area is 143 Å². The number of carbonyl (C=O) groups excluding carboxylic acids is 1. The molecule has 2 rings (SSSR count). The monoisotopic (exact) mass is 330 g/mol. The molecule has 0 aliphatic carbocycles. The second kappa shape index (κ2) is 8.52. The van der Waals surface area contributed by atoms with Gasteiger partial charge in [0, 0.05) is 12.5 Å². The Morgan fingerprint density at radius 1 is 1.29 bits per heavy atom. The number of para-hydroxylation sites is 1. The van der Waals surface area contributed by atoms with Crippen molar-refractivity contribution < 1.29 is 14.1 Å². The fraction of sp³-hybridized carbons (Fsp3) is 0.474. The Kier molecular flexibility index (Phi) is 6.41. The van der Waals surface area contributed by atoms with Crippen molar-refractivity contribution in [3.63, 3.8) is 0 Å². The lowest BCUT2D eigenvalue weighted by atomic mass is 10.0. The van der Waals surface area contributed by atoms with E-state index in [-0.39, 0.29) is 11.8 Å². The minimum Gasteiger partial charge on any atom is -0.496 e. The van der Waals surface area contributed by atoms with E-state index in [4.69, 9.17) is 9.26 Å². The molecule has 0 unspecified atom stereocenters. The van der Waals surface area contributed by atoms with Crippen LogP contribution in [0.4, 0.5) is 0 Å². The van der Waals surface area contributed by atoms with Gasteiger partial charge in [0.15, 0.2) is 5.76 Å². The first-order valence-corrected chi connectivity index (χ1v) is 8.40. The fourth-order valence-corrected chi connectivity index (χ4v) is 2.70. The summed E-state index contributed by atoms with van der Waals surface area (Å²) in [6.45, 7) is 6.41. The van der Waals surface area contributed by atoms with Gasteiger partial charge < -0.3 is 14.6 Å². The normalized spacial score (nSPS) is 10.9. The molecule has 0 spiro atoms. The first kappa shape index (κ1) is 18.0. The van der Waals surface area contributed by atoms with Crippen LogP contribution in [0.15, 0.2) is 28.8 Å². The van der Waals surface area contributed by atoms with Crippen LogP contribution in [0.3, 0.4) is 0 Å². The van der Waals surface area contributed by atoms with Crippen molar-refractivity contribution in [2.45, 2.75) is 46.0 Å². The van der Waals surface area contributed by atoms with Crippen LogP contribution in [0, 0.1) is 6.92 Å². The molecule has 2 aromatic rings. The van der Waals surface area contributed by atoms with E-state index in [2.05, 4.69) is 16.5 Å². The molecular weight excluding hydrogens is 304 g/mol. The smallest absolute Gasteiger partial charge is 0.256 e. The Bertz CT molecular complexity index is 677. The van der Waals surface area contributed by atoms with E-state index < -0.39 is 0 Å². The highest BCUT2D eigenvalue weighted by molar-refractivity contribution is 5.96. The Hall–Kier alpha value is -2.30. The minimum absolute atomic E-state index is 0.102. The van der Waals surface area contributed by atoms with E-state index in [1.807, 2.05) is 32.0 Å². The van der Waals surface area contributed by atoms with E-state index in [1.54, 1.807) is 14.0 Å². The number of methoxy groups -OCH3 is 1. The second-order valence-electron chi connectivity index (χ2n) is 6.19. The van der Waals surface area contributed by atoms with E-state index in [9.17, 15) is 4.79 Å². The Balaban J connectivity index is 1.80. The first-order chi connectivity index (χ1) is 11.5. The third-order valence-corrected chi connectivity index (χ3v) is 3.99. The number of unbranched alkanes of at least 4 members (excludes halogenated alkanes) is 1. The molecule has 0 fully saturated rings. The molecule has 0 aliphatic heterocycles. The fourth-order valence-electron chi connectivity index (χ4n) is 2.70. The topological polar surface area (TPSA) is 64.4 Å². The van der Waals surface area contributed by atoms with Crippen LogP contribution in [0.1, 0.15) is 60.0 Å². The van der Waals surface area contributed by atoms with Crippen LogP contribution in [0.2, 0.25) is 0 Å². The van der Waals surface area contributed by atoms with Crippen molar-refractivity contribution in [1.29, 1.82) is 0 Å². The molecule has 1 amide bonds. The number of rotatable bonds is 8. The summed E-state index contributed by atoms with van der Waals surface area (Å²) in [4.78, 5) is 12.4. The highest BCUT2D eigenvalue weighted by Gasteiger charge is 2.21. The van der Waals surface area contributed by atoms with E-state index >= 15 is 0 Å². The maximum Gasteiger partial charge on any atom is 0.256 e. The predicted octanol–water partition coefficient (Wildman–Crippen LogP) is 3.87. The third-order valence-electron chi connectivity index (χ3n) is 3.99. The molecule has 5 nitrogen and oxygen atoms in total. The van der Waals surface area contributed by atoms with Gasteiger partial charge in [0.2, 0.25) is 0 Å². The second-order valence-corrected chi connectivity index (χ2v) is 6.19. The summed E-state index contributed by atoms with van der Waals surface area (Å²) in [5.74, 6) is 1.61. The molecule has 24 heavy (non-hydrogen) atoms. The maximum atomic E-state index is 12.4. The number of carbonyl (C=O) groups is 1. The minimum atomic E-state index is -0.102. The van der Waals surface area contributed by atoms with Crippen LogP contribution < -0.4 is 10.1 Å². The summed E-state index contributed by atoms with van der Waals surface area (Å²) in [5.41, 5.74) is 2.42. The molecule has 0 radical (unpaired) electrons. The quantitative estimate of drug-likeness (QED) is 0.746. The van der Waals surface area contributed by atoms with E-state index in [1.165, 1.54) is 5.56 Å². The SMILES string of the molecule is COc1ccccc1CCCCNC(=O)c1c(C)noc1C(C)C. The highest BCUT2D eigenvalue weighted by atomic mass is 16.5. The number of aryl methyl sites for hydroxylation is 2. The Morgan fingerprint density at radius 2 is 2.04 bits per heavy atom. The number of nitrogens with zero attached hydrogens (tertiary/aromatic N) is 1. The molecule has 1 N–H and O–H groups in total. The standard InChI is InChI=1S/C19H26N2O3/c1-13(2)18-17(14(3)21-24-18)19(22)20-12-8-7-10-15-9-5-6-11-16(15)23-4/h5-6,9,11,13H,7-8,10,12H2,1-4H3,(H,20,22). The van der Waals surface area contributed by atoms with Crippen molar-refractivity contribution in [2.24, 2.45) is 0 Å². The van der Waals surface area contributed by atoms with E-state index in [0.29, 0.717) is 23.6 Å². The summed E-state index contributed by atoms with van der Waals surface area (Å²) in [5, 5.41) is 6.88. The number of amides is 1. The molecule has 5 heteroatoms. The zero-order valence-corrected chi connectivity index (χ0v) is 14.9. The summed E-state index contributed by atoms with van der Waals surface area (Å²) in [6.07, 6.45) is 2.83. The van der Waals surface area contributed by atoms with Gasteiger partial charge in [-0.05, 0) is 37.8 Å². The molecule has 1 aromatic heterocycles. The number of ether oxygens (including phenoxy) is 1. The van der Waals surface area contributed by atoms with Crippen molar-refractivity contribution >= 4 is 5.91 Å². The molecule has 0 bridgehead atoms. The van der Waals surface area contributed by atoms with Gasteiger partial charge in [-0.3, -0.25) is 4.79 Å². The lowest BCUT2D eigenvalue weighted by Crippen LogP contribution is -2.26. The number of nitrogens with one attached hydrogen (secondary N) is 1. The molecule has 1 heterocycles. The zero-order chi connectivity index (χ0) is 17.5. The third kappa shape index (κ3) is 4.37. The molecule has 130 valence electrons. The Morgan fingerprint density at radius 3 is 2.75 bits per heavy atom. The molecule has 0 aliphatic rings. The lowest BCUT2D eigenvalue weighted by Gasteiger charge is -2.09. The molecule has 0 saturated heterocycles. The van der Waals surface area contributed by atoms with Crippen LogP contribution in [0.5, 0.6) is 5.75 Å². The van der Waals surface area contributed by atoms with Gasteiger partial charge in [0.25, 0.3) is 5.91 Å². The average molecular weight is 330 g/mol. The largest absolute Gasteiger partial charge is 0.496 e. The van der Waals surface area contributed by atoms with Crippen LogP contribution >= 0.6 is 0 Å². The molecule has 0 saturated carbocycles. The number of hydrogen-bond acceptors (Lipinski definition) is 4. The predicted molar refractivity (Wildman–Crippen MR) is 93.6 cm³/mol. The van der Waals surface area contributed by atoms with Gasteiger partial charge in [0.05, 0.1) is 12.8 Å². The van der Waals surface area contributed by atoms with Gasteiger partial charge in [0.1, 0.15) is 11.3 Å². The molecular formula is C19H26N2O3. The van der Waals surface area contributed by atoms with Gasteiger partial charge in [-0.2, -0.15) is 0 Å². The van der Waals surface area contributed by atoms with Crippen molar-refractivity contribution in [2.75, 3.05) is 13.7 Å². The van der Waals surface area contributed by atoms with Gasteiger partial charge in [-0.15, -0.1) is 0 Å². The maximum absolute atomic E-state index is 12.4. The summed E-state index contributed by atoms with van der Waals surface area (Å²) >= 11 is 0. The number of aromatic nitrogens is 1. The first-order valence-electron chi connectivity index (χ1n) is 8.40. The van der Waals surface area contributed by atoms with Crippen LogP contribution in [-0.4, -0.2) is 24.7 Å². The van der Waals surface area contributed by atoms with Crippen molar-refractivity contribution in [3.8, 4) is 5.75 Å². The van der Waals surface area contributed by atoms with Crippen LogP contribution in [0.25, 0.3) is 0 Å². The summed E-state index contributed by atoms with van der Waals surface area (Å²) in [6, 6.07) is 8.03. The molecule has 0 atom stereocenters. The van der Waals surface area contributed by atoms with Gasteiger partial charge >= 0.3 is 0 Å². The van der Waals surface area contributed by atoms with E-state index in [0.717, 1.165) is 25.0 Å². The molecule has 1 aromatic carbocycles. The van der Waals surface area contributed by atoms with Crippen LogP contribution in [-0.2, 0) is 6.42 Å². The van der Waals surface area contributed by atoms with Crippen molar-refractivity contribution in [1.82, 2.24) is 10.5 Å². The average Bonchev–Trinajstić information content (AvgIpc) is 2.96. The zero-order valence-electron chi connectivity index (χ0n) is 14.9. The number of hydrogen-bond donors (Lipinski definition) is 1. The van der Waals surface area contributed by atoms with Gasteiger partial charge in [-0.1, -0.05) is 37.2 Å². The number of benzene rings is 1. The van der Waals surface area contributed by atoms with Gasteiger partial charge in [-0.25, -0.2) is 0 Å². The summed E-state index contributed by atoms with van der Waals surface area (Å²) < 4.78 is 10.6.